The van der Waals surface area contributed by atoms with Gasteiger partial charge in [-0.25, -0.2) is 12.7 Å². The molecule has 2 fully saturated rings. The lowest BCUT2D eigenvalue weighted by Crippen LogP contribution is -2.67. The first-order chi connectivity index (χ1) is 13.1. The zero-order valence-corrected chi connectivity index (χ0v) is 17.6. The van der Waals surface area contributed by atoms with E-state index in [0.29, 0.717) is 13.1 Å². The summed E-state index contributed by atoms with van der Waals surface area (Å²) in [6.45, 7) is 5.25. The van der Waals surface area contributed by atoms with Gasteiger partial charge >= 0.3 is 0 Å². The molecular formula is C21H30N2O4S. The summed E-state index contributed by atoms with van der Waals surface area (Å²) in [5, 5.41) is 19.7. The molecule has 28 heavy (non-hydrogen) atoms. The van der Waals surface area contributed by atoms with E-state index in [-0.39, 0.29) is 24.6 Å². The third kappa shape index (κ3) is 4.76. The minimum atomic E-state index is -3.24. The first kappa shape index (κ1) is 21.3. The van der Waals surface area contributed by atoms with E-state index in [1.54, 1.807) is 18.2 Å². The monoisotopic (exact) mass is 406 g/mol. The molecule has 0 bridgehead atoms. The van der Waals surface area contributed by atoms with Gasteiger partial charge in [-0.3, -0.25) is 4.90 Å². The van der Waals surface area contributed by atoms with E-state index >= 15 is 0 Å². The third-order valence-electron chi connectivity index (χ3n) is 5.61. The predicted molar refractivity (Wildman–Crippen MR) is 109 cm³/mol. The zero-order chi connectivity index (χ0) is 20.5. The van der Waals surface area contributed by atoms with E-state index in [9.17, 15) is 18.6 Å². The Kier molecular flexibility index (Phi) is 6.18. The van der Waals surface area contributed by atoms with Crippen molar-refractivity contribution in [3.8, 4) is 11.8 Å². The normalized spacial score (nSPS) is 27.0. The van der Waals surface area contributed by atoms with Crippen molar-refractivity contribution in [1.82, 2.24) is 9.21 Å². The molecule has 0 unspecified atom stereocenters. The van der Waals surface area contributed by atoms with Crippen molar-refractivity contribution < 1.29 is 18.6 Å². The van der Waals surface area contributed by atoms with E-state index in [1.807, 2.05) is 24.3 Å². The topological polar surface area (TPSA) is 81.1 Å². The van der Waals surface area contributed by atoms with E-state index in [4.69, 9.17) is 0 Å². The molecule has 0 spiro atoms. The minimum Gasteiger partial charge on any atom is -0.395 e. The van der Waals surface area contributed by atoms with Crippen LogP contribution in [0.4, 0.5) is 0 Å². The second kappa shape index (κ2) is 8.13. The SMILES string of the molecule is CC(C)(O)C#Cc1ccc([C@@H]2[C@@H](CO)N3CCCCN(S(C)(=O)=O)C[C@@H]23)cc1. The highest BCUT2D eigenvalue weighted by atomic mass is 32.2. The summed E-state index contributed by atoms with van der Waals surface area (Å²) >= 11 is 0. The molecule has 154 valence electrons. The molecule has 3 atom stereocenters. The van der Waals surface area contributed by atoms with E-state index < -0.39 is 15.6 Å². The molecule has 2 N–H and O–H groups in total. The van der Waals surface area contributed by atoms with Crippen molar-refractivity contribution in [2.45, 2.75) is 50.3 Å². The quantitative estimate of drug-likeness (QED) is 0.732. The number of sulfonamides is 1. The van der Waals surface area contributed by atoms with Gasteiger partial charge in [0.25, 0.3) is 0 Å². The molecule has 0 aliphatic carbocycles. The number of rotatable bonds is 3. The van der Waals surface area contributed by atoms with Crippen LogP contribution in [0.15, 0.2) is 24.3 Å². The fourth-order valence-electron chi connectivity index (χ4n) is 4.22. The molecular weight excluding hydrogens is 376 g/mol. The Morgan fingerprint density at radius 2 is 1.82 bits per heavy atom. The van der Waals surface area contributed by atoms with Crippen molar-refractivity contribution in [3.05, 3.63) is 35.4 Å². The lowest BCUT2D eigenvalue weighted by Gasteiger charge is -2.57. The Hall–Kier alpha value is -1.43. The molecule has 0 radical (unpaired) electrons. The number of nitrogens with zero attached hydrogens (tertiary/aromatic N) is 2. The van der Waals surface area contributed by atoms with Gasteiger partial charge in [0.15, 0.2) is 0 Å². The summed E-state index contributed by atoms with van der Waals surface area (Å²) in [6, 6.07) is 7.93. The molecule has 7 heteroatoms. The van der Waals surface area contributed by atoms with Gasteiger partial charge in [-0.15, -0.1) is 0 Å². The highest BCUT2D eigenvalue weighted by Crippen LogP contribution is 2.42. The van der Waals surface area contributed by atoms with Crippen LogP contribution >= 0.6 is 0 Å². The van der Waals surface area contributed by atoms with Gasteiger partial charge in [-0.1, -0.05) is 24.0 Å². The summed E-state index contributed by atoms with van der Waals surface area (Å²) in [7, 11) is -3.24. The van der Waals surface area contributed by atoms with Gasteiger partial charge in [0.2, 0.25) is 10.0 Å². The van der Waals surface area contributed by atoms with Gasteiger partial charge < -0.3 is 10.2 Å². The van der Waals surface area contributed by atoms with Gasteiger partial charge in [-0.05, 0) is 50.9 Å². The van der Waals surface area contributed by atoms with E-state index in [2.05, 4.69) is 16.7 Å². The second-order valence-corrected chi connectivity index (χ2v) is 10.3. The number of benzene rings is 1. The van der Waals surface area contributed by atoms with Crippen LogP contribution in [0.5, 0.6) is 0 Å². The average molecular weight is 407 g/mol. The van der Waals surface area contributed by atoms with Gasteiger partial charge in [0.05, 0.1) is 12.9 Å². The molecule has 2 aliphatic rings. The maximum atomic E-state index is 12.1. The molecule has 1 aromatic rings. The van der Waals surface area contributed by atoms with Crippen molar-refractivity contribution in [2.75, 3.05) is 32.5 Å². The summed E-state index contributed by atoms with van der Waals surface area (Å²) in [4.78, 5) is 2.25. The third-order valence-corrected chi connectivity index (χ3v) is 6.88. The maximum Gasteiger partial charge on any atom is 0.211 e. The molecule has 3 rings (SSSR count). The van der Waals surface area contributed by atoms with Crippen molar-refractivity contribution in [2.24, 2.45) is 0 Å². The Labute approximate surface area is 168 Å². The van der Waals surface area contributed by atoms with E-state index in [0.717, 1.165) is 30.5 Å². The number of fused-ring (bicyclic) bond motifs is 1. The summed E-state index contributed by atoms with van der Waals surface area (Å²) in [6.07, 6.45) is 3.04. The lowest BCUT2D eigenvalue weighted by molar-refractivity contribution is -0.0553. The number of hydrogen-bond donors (Lipinski definition) is 2. The molecule has 2 saturated heterocycles. The highest BCUT2D eigenvalue weighted by Gasteiger charge is 2.49. The molecule has 1 aromatic carbocycles. The molecule has 6 nitrogen and oxygen atoms in total. The van der Waals surface area contributed by atoms with Gasteiger partial charge in [0, 0.05) is 36.7 Å². The molecule has 0 aromatic heterocycles. The molecule has 0 amide bonds. The Bertz CT molecular complexity index is 849. The number of hydrogen-bond acceptors (Lipinski definition) is 5. The fraction of sp³-hybridized carbons (Fsp3) is 0.619. The van der Waals surface area contributed by atoms with Crippen LogP contribution < -0.4 is 0 Å². The lowest BCUT2D eigenvalue weighted by atomic mass is 9.74. The van der Waals surface area contributed by atoms with Crippen LogP contribution in [0.3, 0.4) is 0 Å². The molecule has 2 heterocycles. The summed E-state index contributed by atoms with van der Waals surface area (Å²) in [5.74, 6) is 5.85. The van der Waals surface area contributed by atoms with Crippen LogP contribution in [0.2, 0.25) is 0 Å². The van der Waals surface area contributed by atoms with Crippen LogP contribution in [0, 0.1) is 11.8 Å². The first-order valence-electron chi connectivity index (χ1n) is 9.77. The smallest absolute Gasteiger partial charge is 0.211 e. The average Bonchev–Trinajstić information content (AvgIpc) is 2.58. The predicted octanol–water partition coefficient (Wildman–Crippen LogP) is 0.993. The van der Waals surface area contributed by atoms with E-state index in [1.165, 1.54) is 6.26 Å². The highest BCUT2D eigenvalue weighted by molar-refractivity contribution is 7.88. The Balaban J connectivity index is 1.84. The second-order valence-electron chi connectivity index (χ2n) is 8.34. The summed E-state index contributed by atoms with van der Waals surface area (Å²) in [5.41, 5.74) is 0.865. The Morgan fingerprint density at radius 1 is 1.18 bits per heavy atom. The first-order valence-corrected chi connectivity index (χ1v) is 11.6. The maximum absolute atomic E-state index is 12.1. The number of aliphatic hydroxyl groups excluding tert-OH is 1. The summed E-state index contributed by atoms with van der Waals surface area (Å²) < 4.78 is 25.9. The Morgan fingerprint density at radius 3 is 2.39 bits per heavy atom. The fourth-order valence-corrected chi connectivity index (χ4v) is 5.11. The zero-order valence-electron chi connectivity index (χ0n) is 16.8. The van der Waals surface area contributed by atoms with Gasteiger partial charge in [-0.2, -0.15) is 0 Å². The number of aliphatic hydroxyl groups is 2. The molecule has 2 aliphatic heterocycles. The van der Waals surface area contributed by atoms with Crippen molar-refractivity contribution in [1.29, 1.82) is 0 Å². The van der Waals surface area contributed by atoms with Gasteiger partial charge in [0.1, 0.15) is 5.60 Å². The van der Waals surface area contributed by atoms with Crippen LogP contribution in [-0.2, 0) is 10.0 Å². The van der Waals surface area contributed by atoms with Crippen LogP contribution in [0.1, 0.15) is 43.7 Å². The van der Waals surface area contributed by atoms with Crippen LogP contribution in [0.25, 0.3) is 0 Å². The standard InChI is InChI=1S/C21H30N2O4S/c1-21(2,25)11-10-16-6-8-17(9-7-16)20-18-14-22(28(3,26)27)12-4-5-13-23(18)19(20)15-24/h6-9,18-20,24-25H,4-5,12-15H2,1-3H3/t18-,19+,20-/m0/s1. The largest absolute Gasteiger partial charge is 0.395 e. The molecule has 0 saturated carbocycles. The minimum absolute atomic E-state index is 0.0119. The van der Waals surface area contributed by atoms with Crippen molar-refractivity contribution in [3.63, 3.8) is 0 Å². The van der Waals surface area contributed by atoms with Crippen molar-refractivity contribution >= 4 is 10.0 Å². The van der Waals surface area contributed by atoms with Crippen LogP contribution in [-0.4, -0.2) is 78.0 Å².